The number of halogens is 2. The molecule has 1 aromatic carbocycles. The van der Waals surface area contributed by atoms with E-state index in [1.54, 1.807) is 0 Å². The van der Waals surface area contributed by atoms with E-state index in [0.29, 0.717) is 24.8 Å². The first-order valence-corrected chi connectivity index (χ1v) is 7.49. The molecule has 21 heavy (non-hydrogen) atoms. The Morgan fingerprint density at radius 3 is 2.19 bits per heavy atom. The second kappa shape index (κ2) is 5.74. The van der Waals surface area contributed by atoms with Crippen LogP contribution >= 0.6 is 0 Å². The number of hydrogen-bond donors (Lipinski definition) is 0. The van der Waals surface area contributed by atoms with Crippen LogP contribution < -0.4 is 0 Å². The van der Waals surface area contributed by atoms with E-state index in [9.17, 15) is 13.6 Å². The maximum atomic E-state index is 13.5. The maximum Gasteiger partial charge on any atom is 0.312 e. The minimum absolute atomic E-state index is 0.309. The van der Waals surface area contributed by atoms with Crippen molar-refractivity contribution in [1.82, 2.24) is 0 Å². The van der Waals surface area contributed by atoms with Crippen molar-refractivity contribution in [3.63, 3.8) is 0 Å². The van der Waals surface area contributed by atoms with E-state index in [0.717, 1.165) is 18.9 Å². The Labute approximate surface area is 124 Å². The molecule has 0 saturated heterocycles. The second-order valence-electron chi connectivity index (χ2n) is 6.49. The van der Waals surface area contributed by atoms with Crippen LogP contribution in [0.4, 0.5) is 8.78 Å². The van der Waals surface area contributed by atoms with Gasteiger partial charge in [0.15, 0.2) is 0 Å². The van der Waals surface area contributed by atoms with Gasteiger partial charge in [0.1, 0.15) is 17.2 Å². The van der Waals surface area contributed by atoms with Crippen molar-refractivity contribution < 1.29 is 18.3 Å². The van der Waals surface area contributed by atoms with Gasteiger partial charge in [-0.05, 0) is 58.1 Å². The standard InChI is InChI=1S/C17H22F2O2/c1-4-16(2,3)15(20)21-17(7-5-6-8-17)12-9-13(18)11-14(19)10-12/h9-11H,4-8H2,1-3H3. The first kappa shape index (κ1) is 15.9. The van der Waals surface area contributed by atoms with E-state index in [-0.39, 0.29) is 5.97 Å². The molecule has 116 valence electrons. The zero-order valence-electron chi connectivity index (χ0n) is 12.8. The summed E-state index contributed by atoms with van der Waals surface area (Å²) in [5.41, 5.74) is -1.05. The Hall–Kier alpha value is -1.45. The van der Waals surface area contributed by atoms with Crippen molar-refractivity contribution in [3.8, 4) is 0 Å². The van der Waals surface area contributed by atoms with E-state index in [1.165, 1.54) is 12.1 Å². The average molecular weight is 296 g/mol. The van der Waals surface area contributed by atoms with Gasteiger partial charge in [0.25, 0.3) is 0 Å². The second-order valence-corrected chi connectivity index (χ2v) is 6.49. The quantitative estimate of drug-likeness (QED) is 0.752. The van der Waals surface area contributed by atoms with Crippen molar-refractivity contribution >= 4 is 5.97 Å². The van der Waals surface area contributed by atoms with Gasteiger partial charge in [0, 0.05) is 11.6 Å². The summed E-state index contributed by atoms with van der Waals surface area (Å²) in [6, 6.07) is 3.39. The third-order valence-electron chi connectivity index (χ3n) is 4.52. The van der Waals surface area contributed by atoms with Gasteiger partial charge >= 0.3 is 5.97 Å². The van der Waals surface area contributed by atoms with Gasteiger partial charge in [-0.2, -0.15) is 0 Å². The molecule has 0 amide bonds. The molecule has 1 fully saturated rings. The Balaban J connectivity index is 2.35. The number of benzene rings is 1. The molecular formula is C17H22F2O2. The predicted octanol–water partition coefficient (Wildman–Crippen LogP) is 4.71. The number of carbonyl (C=O) groups excluding carboxylic acids is 1. The van der Waals surface area contributed by atoms with Gasteiger partial charge < -0.3 is 4.74 Å². The molecule has 0 N–H and O–H groups in total. The SMILES string of the molecule is CCC(C)(C)C(=O)OC1(c2cc(F)cc(F)c2)CCCC1. The summed E-state index contributed by atoms with van der Waals surface area (Å²) in [7, 11) is 0. The van der Waals surface area contributed by atoms with E-state index < -0.39 is 22.7 Å². The fourth-order valence-corrected chi connectivity index (χ4v) is 2.67. The van der Waals surface area contributed by atoms with Crippen LogP contribution in [0.2, 0.25) is 0 Å². The monoisotopic (exact) mass is 296 g/mol. The zero-order chi connectivity index (χ0) is 15.7. The Morgan fingerprint density at radius 1 is 1.19 bits per heavy atom. The molecule has 2 rings (SSSR count). The molecule has 0 bridgehead atoms. The number of esters is 1. The normalized spacial score (nSPS) is 17.8. The van der Waals surface area contributed by atoms with Gasteiger partial charge in [-0.1, -0.05) is 6.92 Å². The molecule has 0 spiro atoms. The molecule has 1 saturated carbocycles. The third kappa shape index (κ3) is 3.25. The molecule has 0 atom stereocenters. The summed E-state index contributed by atoms with van der Waals surface area (Å²) >= 11 is 0. The molecule has 4 heteroatoms. The van der Waals surface area contributed by atoms with Crippen LogP contribution in [-0.4, -0.2) is 5.97 Å². The summed E-state index contributed by atoms with van der Waals surface area (Å²) in [5, 5.41) is 0. The van der Waals surface area contributed by atoms with E-state index in [1.807, 2.05) is 20.8 Å². The van der Waals surface area contributed by atoms with Gasteiger partial charge in [-0.3, -0.25) is 4.79 Å². The first-order chi connectivity index (χ1) is 9.79. The maximum absolute atomic E-state index is 13.5. The lowest BCUT2D eigenvalue weighted by atomic mass is 9.88. The summed E-state index contributed by atoms with van der Waals surface area (Å²) in [4.78, 5) is 12.4. The lowest BCUT2D eigenvalue weighted by Crippen LogP contribution is -2.36. The van der Waals surface area contributed by atoms with Crippen molar-refractivity contribution in [1.29, 1.82) is 0 Å². The summed E-state index contributed by atoms with van der Waals surface area (Å²) in [6.07, 6.45) is 3.65. The molecule has 0 unspecified atom stereocenters. The highest BCUT2D eigenvalue weighted by Gasteiger charge is 2.42. The van der Waals surface area contributed by atoms with Crippen LogP contribution in [0, 0.1) is 17.0 Å². The van der Waals surface area contributed by atoms with Gasteiger partial charge in [0.05, 0.1) is 5.41 Å². The lowest BCUT2D eigenvalue weighted by molar-refractivity contribution is -0.171. The molecule has 1 aromatic rings. The van der Waals surface area contributed by atoms with Crippen molar-refractivity contribution in [2.75, 3.05) is 0 Å². The molecule has 2 nitrogen and oxygen atoms in total. The minimum atomic E-state index is -0.882. The van der Waals surface area contributed by atoms with E-state index >= 15 is 0 Å². The number of ether oxygens (including phenoxy) is 1. The molecule has 0 aromatic heterocycles. The van der Waals surface area contributed by atoms with Crippen molar-refractivity contribution in [2.24, 2.45) is 5.41 Å². The number of rotatable bonds is 4. The fourth-order valence-electron chi connectivity index (χ4n) is 2.67. The van der Waals surface area contributed by atoms with Crippen molar-refractivity contribution in [3.05, 3.63) is 35.4 Å². The Morgan fingerprint density at radius 2 is 1.71 bits per heavy atom. The number of hydrogen-bond acceptors (Lipinski definition) is 2. The van der Waals surface area contributed by atoms with Crippen LogP contribution in [0.5, 0.6) is 0 Å². The van der Waals surface area contributed by atoms with E-state index in [4.69, 9.17) is 4.74 Å². The molecule has 0 heterocycles. The Kier molecular flexibility index (Phi) is 4.35. The highest BCUT2D eigenvalue weighted by atomic mass is 19.1. The van der Waals surface area contributed by atoms with Gasteiger partial charge in [-0.15, -0.1) is 0 Å². The lowest BCUT2D eigenvalue weighted by Gasteiger charge is -2.33. The first-order valence-electron chi connectivity index (χ1n) is 7.49. The topological polar surface area (TPSA) is 26.3 Å². The van der Waals surface area contributed by atoms with Crippen molar-refractivity contribution in [2.45, 2.75) is 58.5 Å². The molecule has 1 aliphatic carbocycles. The van der Waals surface area contributed by atoms with Crippen LogP contribution in [-0.2, 0) is 15.1 Å². The Bertz CT molecular complexity index is 511. The average Bonchev–Trinajstić information content (AvgIpc) is 2.87. The largest absolute Gasteiger partial charge is 0.454 e. The smallest absolute Gasteiger partial charge is 0.312 e. The van der Waals surface area contributed by atoms with Crippen LogP contribution in [0.25, 0.3) is 0 Å². The van der Waals surface area contributed by atoms with Crippen LogP contribution in [0.15, 0.2) is 18.2 Å². The van der Waals surface area contributed by atoms with Crippen LogP contribution in [0.3, 0.4) is 0 Å². The van der Waals surface area contributed by atoms with Gasteiger partial charge in [-0.25, -0.2) is 8.78 Å². The van der Waals surface area contributed by atoms with Gasteiger partial charge in [0.2, 0.25) is 0 Å². The van der Waals surface area contributed by atoms with Crippen LogP contribution in [0.1, 0.15) is 58.4 Å². The third-order valence-corrected chi connectivity index (χ3v) is 4.52. The predicted molar refractivity (Wildman–Crippen MR) is 76.7 cm³/mol. The molecular weight excluding hydrogens is 274 g/mol. The molecule has 0 aliphatic heterocycles. The summed E-state index contributed by atoms with van der Waals surface area (Å²) in [6.45, 7) is 5.57. The highest BCUT2D eigenvalue weighted by molar-refractivity contribution is 5.76. The minimum Gasteiger partial charge on any atom is -0.454 e. The summed E-state index contributed by atoms with van der Waals surface area (Å²) < 4.78 is 32.8. The zero-order valence-corrected chi connectivity index (χ0v) is 12.8. The van der Waals surface area contributed by atoms with E-state index in [2.05, 4.69) is 0 Å². The number of carbonyl (C=O) groups is 1. The summed E-state index contributed by atoms with van der Waals surface area (Å²) in [5.74, 6) is -1.58. The molecule has 1 aliphatic rings. The molecule has 0 radical (unpaired) electrons. The fraction of sp³-hybridized carbons (Fsp3) is 0.588. The highest BCUT2D eigenvalue weighted by Crippen LogP contribution is 2.44.